The molecule has 0 aliphatic rings. The number of hydrogen-bond acceptors (Lipinski definition) is 3. The Bertz CT molecular complexity index is 749. The van der Waals surface area contributed by atoms with Gasteiger partial charge in [-0.25, -0.2) is 4.39 Å². The molecule has 0 heterocycles. The van der Waals surface area contributed by atoms with Crippen LogP contribution in [0.2, 0.25) is 0 Å². The third-order valence-corrected chi connectivity index (χ3v) is 3.90. The minimum atomic E-state index is -0.404. The third kappa shape index (κ3) is 4.26. The Labute approximate surface area is 149 Å². The molecule has 0 saturated heterocycles. The topological polar surface area (TPSA) is 47.6 Å². The zero-order chi connectivity index (χ0) is 17.7. The van der Waals surface area contributed by atoms with Crippen LogP contribution in [0.5, 0.6) is 11.5 Å². The van der Waals surface area contributed by atoms with Gasteiger partial charge in [-0.3, -0.25) is 4.79 Å². The van der Waals surface area contributed by atoms with E-state index in [1.165, 1.54) is 12.1 Å². The molecule has 6 heteroatoms. The molecular weight excluding hydrogens is 377 g/mol. The highest BCUT2D eigenvalue weighted by atomic mass is 79.9. The molecule has 0 spiro atoms. The van der Waals surface area contributed by atoms with Crippen molar-refractivity contribution in [2.45, 2.75) is 20.8 Å². The summed E-state index contributed by atoms with van der Waals surface area (Å²) in [6.45, 7) is 6.45. The third-order valence-electron chi connectivity index (χ3n) is 3.31. The Morgan fingerprint density at radius 3 is 2.54 bits per heavy atom. The normalized spacial score (nSPS) is 10.4. The fourth-order valence-corrected chi connectivity index (χ4v) is 2.73. The first kappa shape index (κ1) is 18.3. The van der Waals surface area contributed by atoms with Gasteiger partial charge in [0.25, 0.3) is 5.91 Å². The average Bonchev–Trinajstić information content (AvgIpc) is 2.54. The van der Waals surface area contributed by atoms with E-state index >= 15 is 0 Å². The van der Waals surface area contributed by atoms with Crippen LogP contribution in [0.15, 0.2) is 34.8 Å². The molecule has 128 valence electrons. The standard InChI is InChI=1S/C18H19BrFNO3/c1-4-23-16-9-12(8-14(19)17(16)24-5-2)18(22)21-15-10-13(20)7-6-11(15)3/h6-10H,4-5H2,1-3H3,(H,21,22). The van der Waals surface area contributed by atoms with Gasteiger partial charge >= 0.3 is 0 Å². The van der Waals surface area contributed by atoms with Crippen LogP contribution in [-0.2, 0) is 0 Å². The Morgan fingerprint density at radius 1 is 1.17 bits per heavy atom. The van der Waals surface area contributed by atoms with Crippen LogP contribution < -0.4 is 14.8 Å². The average molecular weight is 396 g/mol. The molecule has 0 bridgehead atoms. The van der Waals surface area contributed by atoms with Gasteiger partial charge in [0.1, 0.15) is 5.82 Å². The molecule has 24 heavy (non-hydrogen) atoms. The molecule has 0 fully saturated rings. The molecule has 1 N–H and O–H groups in total. The van der Waals surface area contributed by atoms with Gasteiger partial charge < -0.3 is 14.8 Å². The number of anilines is 1. The number of ether oxygens (including phenoxy) is 2. The van der Waals surface area contributed by atoms with Gasteiger partial charge in [0, 0.05) is 11.3 Å². The molecule has 0 aliphatic carbocycles. The number of aryl methyl sites for hydroxylation is 1. The molecule has 0 saturated carbocycles. The fraction of sp³-hybridized carbons (Fsp3) is 0.278. The lowest BCUT2D eigenvalue weighted by molar-refractivity contribution is 0.102. The molecule has 2 aromatic carbocycles. The zero-order valence-electron chi connectivity index (χ0n) is 13.8. The number of benzene rings is 2. The van der Waals surface area contributed by atoms with Crippen LogP contribution in [0, 0.1) is 12.7 Å². The lowest BCUT2D eigenvalue weighted by Gasteiger charge is -2.15. The Balaban J connectivity index is 2.33. The SMILES string of the molecule is CCOc1cc(C(=O)Nc2cc(F)ccc2C)cc(Br)c1OCC. The number of hydrogen-bond donors (Lipinski definition) is 1. The maximum Gasteiger partial charge on any atom is 0.255 e. The summed E-state index contributed by atoms with van der Waals surface area (Å²) in [4.78, 5) is 12.5. The Kier molecular flexibility index (Phi) is 6.20. The van der Waals surface area contributed by atoms with Crippen molar-refractivity contribution >= 4 is 27.5 Å². The number of rotatable bonds is 6. The van der Waals surface area contributed by atoms with Crippen molar-refractivity contribution in [1.29, 1.82) is 0 Å². The van der Waals surface area contributed by atoms with E-state index in [0.29, 0.717) is 40.4 Å². The van der Waals surface area contributed by atoms with E-state index in [0.717, 1.165) is 5.56 Å². The van der Waals surface area contributed by atoms with Gasteiger partial charge in [0.15, 0.2) is 11.5 Å². The molecule has 0 aromatic heterocycles. The summed E-state index contributed by atoms with van der Waals surface area (Å²) < 4.78 is 25.1. The van der Waals surface area contributed by atoms with Gasteiger partial charge in [-0.15, -0.1) is 0 Å². The van der Waals surface area contributed by atoms with Crippen LogP contribution >= 0.6 is 15.9 Å². The van der Waals surface area contributed by atoms with Crippen molar-refractivity contribution in [3.05, 3.63) is 51.7 Å². The molecular formula is C18H19BrFNO3. The predicted molar refractivity (Wildman–Crippen MR) is 95.6 cm³/mol. The number of halogens is 2. The monoisotopic (exact) mass is 395 g/mol. The van der Waals surface area contributed by atoms with E-state index in [2.05, 4.69) is 21.2 Å². The smallest absolute Gasteiger partial charge is 0.255 e. The van der Waals surface area contributed by atoms with Gasteiger partial charge in [-0.2, -0.15) is 0 Å². The molecule has 2 rings (SSSR count). The molecule has 0 atom stereocenters. The summed E-state index contributed by atoms with van der Waals surface area (Å²) in [6, 6.07) is 7.53. The Hall–Kier alpha value is -2.08. The first-order valence-electron chi connectivity index (χ1n) is 7.62. The highest BCUT2D eigenvalue weighted by molar-refractivity contribution is 9.10. The van der Waals surface area contributed by atoms with Gasteiger partial charge in [0.05, 0.1) is 17.7 Å². The van der Waals surface area contributed by atoms with E-state index in [1.54, 1.807) is 25.1 Å². The van der Waals surface area contributed by atoms with Gasteiger partial charge in [-0.05, 0) is 66.5 Å². The number of carbonyl (C=O) groups is 1. The summed E-state index contributed by atoms with van der Waals surface area (Å²) in [6.07, 6.45) is 0. The van der Waals surface area contributed by atoms with E-state index in [9.17, 15) is 9.18 Å². The summed E-state index contributed by atoms with van der Waals surface area (Å²) in [7, 11) is 0. The van der Waals surface area contributed by atoms with Crippen LogP contribution in [0.1, 0.15) is 29.8 Å². The quantitative estimate of drug-likeness (QED) is 0.752. The van der Waals surface area contributed by atoms with Crippen molar-refractivity contribution < 1.29 is 18.7 Å². The summed E-state index contributed by atoms with van der Waals surface area (Å²) in [5, 5.41) is 2.72. The zero-order valence-corrected chi connectivity index (χ0v) is 15.4. The van der Waals surface area contributed by atoms with E-state index in [4.69, 9.17) is 9.47 Å². The molecule has 0 aliphatic heterocycles. The van der Waals surface area contributed by atoms with Crippen LogP contribution in [-0.4, -0.2) is 19.1 Å². The van der Waals surface area contributed by atoms with Crippen molar-refractivity contribution in [1.82, 2.24) is 0 Å². The second kappa shape index (κ2) is 8.15. The number of amides is 1. The second-order valence-corrected chi connectivity index (χ2v) is 5.92. The molecule has 1 amide bonds. The highest BCUT2D eigenvalue weighted by Crippen LogP contribution is 2.37. The van der Waals surface area contributed by atoms with Crippen molar-refractivity contribution in [2.75, 3.05) is 18.5 Å². The lowest BCUT2D eigenvalue weighted by atomic mass is 10.1. The highest BCUT2D eigenvalue weighted by Gasteiger charge is 2.16. The maximum atomic E-state index is 13.4. The maximum absolute atomic E-state index is 13.4. The van der Waals surface area contributed by atoms with Crippen LogP contribution in [0.3, 0.4) is 0 Å². The van der Waals surface area contributed by atoms with Gasteiger partial charge in [0.2, 0.25) is 0 Å². The summed E-state index contributed by atoms with van der Waals surface area (Å²) in [5.74, 6) is 0.278. The first-order chi connectivity index (χ1) is 11.5. The minimum Gasteiger partial charge on any atom is -0.490 e. The van der Waals surface area contributed by atoms with Crippen molar-refractivity contribution in [3.63, 3.8) is 0 Å². The second-order valence-electron chi connectivity index (χ2n) is 5.06. The fourth-order valence-electron chi connectivity index (χ4n) is 2.17. The number of carbonyl (C=O) groups excluding carboxylic acids is 1. The van der Waals surface area contributed by atoms with Gasteiger partial charge in [-0.1, -0.05) is 6.07 Å². The van der Waals surface area contributed by atoms with E-state index in [1.807, 2.05) is 13.8 Å². The van der Waals surface area contributed by atoms with E-state index < -0.39 is 5.82 Å². The lowest BCUT2D eigenvalue weighted by Crippen LogP contribution is -2.13. The minimum absolute atomic E-state index is 0.353. The number of nitrogens with one attached hydrogen (secondary N) is 1. The van der Waals surface area contributed by atoms with E-state index in [-0.39, 0.29) is 5.91 Å². The summed E-state index contributed by atoms with van der Waals surface area (Å²) >= 11 is 3.40. The van der Waals surface area contributed by atoms with Crippen LogP contribution in [0.4, 0.5) is 10.1 Å². The molecule has 0 unspecified atom stereocenters. The largest absolute Gasteiger partial charge is 0.490 e. The molecule has 4 nitrogen and oxygen atoms in total. The van der Waals surface area contributed by atoms with Crippen molar-refractivity contribution in [3.8, 4) is 11.5 Å². The Morgan fingerprint density at radius 2 is 1.88 bits per heavy atom. The first-order valence-corrected chi connectivity index (χ1v) is 8.42. The summed E-state index contributed by atoms with van der Waals surface area (Å²) in [5.41, 5.74) is 1.60. The molecule has 0 radical (unpaired) electrons. The molecule has 2 aromatic rings. The van der Waals surface area contributed by atoms with Crippen LogP contribution in [0.25, 0.3) is 0 Å². The predicted octanol–water partition coefficient (Wildman–Crippen LogP) is 4.95. The van der Waals surface area contributed by atoms with Crippen molar-refractivity contribution in [2.24, 2.45) is 0 Å².